The molecule has 2 aromatic carbocycles. The van der Waals surface area contributed by atoms with Gasteiger partial charge in [-0.05, 0) is 43.3 Å². The average molecular weight is 415 g/mol. The summed E-state index contributed by atoms with van der Waals surface area (Å²) in [7, 11) is 0. The Morgan fingerprint density at radius 1 is 1.03 bits per heavy atom. The fourth-order valence-electron chi connectivity index (χ4n) is 3.81. The summed E-state index contributed by atoms with van der Waals surface area (Å²) in [6, 6.07) is 20.3. The molecule has 1 saturated heterocycles. The topological polar surface area (TPSA) is 50.4 Å². The molecule has 0 saturated carbocycles. The van der Waals surface area contributed by atoms with E-state index in [2.05, 4.69) is 40.7 Å². The summed E-state index contributed by atoms with van der Waals surface area (Å²) < 4.78 is 22.8. The van der Waals surface area contributed by atoms with Crippen molar-refractivity contribution in [3.63, 3.8) is 0 Å². The Morgan fingerprint density at radius 3 is 2.52 bits per heavy atom. The van der Waals surface area contributed by atoms with Gasteiger partial charge in [0.1, 0.15) is 18.5 Å². The third-order valence-electron chi connectivity index (χ3n) is 5.48. The van der Waals surface area contributed by atoms with E-state index in [1.807, 2.05) is 59.6 Å². The first-order chi connectivity index (χ1) is 15.2. The van der Waals surface area contributed by atoms with Gasteiger partial charge in [-0.1, -0.05) is 29.8 Å². The monoisotopic (exact) mass is 415 g/mol. The van der Waals surface area contributed by atoms with Crippen molar-refractivity contribution < 1.29 is 14.2 Å². The van der Waals surface area contributed by atoms with E-state index in [1.54, 1.807) is 12.5 Å². The van der Waals surface area contributed by atoms with Crippen molar-refractivity contribution in [2.75, 3.05) is 13.2 Å². The van der Waals surface area contributed by atoms with Crippen LogP contribution in [0.2, 0.25) is 0 Å². The normalized spacial score (nSPS) is 20.7. The lowest BCUT2D eigenvalue weighted by Crippen LogP contribution is -2.34. The van der Waals surface area contributed by atoms with E-state index < -0.39 is 5.79 Å². The third-order valence-corrected chi connectivity index (χ3v) is 5.48. The Kier molecular flexibility index (Phi) is 5.32. The summed E-state index contributed by atoms with van der Waals surface area (Å²) in [6.07, 6.45) is 9.32. The maximum atomic E-state index is 6.45. The Morgan fingerprint density at radius 2 is 1.81 bits per heavy atom. The van der Waals surface area contributed by atoms with Crippen LogP contribution in [0.25, 0.3) is 5.69 Å². The molecule has 5 rings (SSSR count). The van der Waals surface area contributed by atoms with Gasteiger partial charge in [-0.3, -0.25) is 0 Å². The highest BCUT2D eigenvalue weighted by Gasteiger charge is 2.44. The Balaban J connectivity index is 1.27. The van der Waals surface area contributed by atoms with Gasteiger partial charge >= 0.3 is 0 Å². The second-order valence-electron chi connectivity index (χ2n) is 7.80. The van der Waals surface area contributed by atoms with Gasteiger partial charge < -0.3 is 23.3 Å². The van der Waals surface area contributed by atoms with Crippen LogP contribution in [0.15, 0.2) is 91.8 Å². The van der Waals surface area contributed by atoms with Crippen molar-refractivity contribution in [2.24, 2.45) is 0 Å². The summed E-state index contributed by atoms with van der Waals surface area (Å²) >= 11 is 0. The molecule has 31 heavy (non-hydrogen) atoms. The summed E-state index contributed by atoms with van der Waals surface area (Å²) in [4.78, 5) is 4.15. The van der Waals surface area contributed by atoms with E-state index >= 15 is 0 Å². The number of imidazole rings is 1. The number of aromatic nitrogens is 3. The Hall–Kier alpha value is -3.35. The molecule has 0 N–H and O–H groups in total. The number of nitrogens with zero attached hydrogens (tertiary/aromatic N) is 3. The lowest BCUT2D eigenvalue weighted by molar-refractivity contribution is -0.189. The summed E-state index contributed by atoms with van der Waals surface area (Å²) in [5.41, 5.74) is 3.28. The van der Waals surface area contributed by atoms with E-state index in [4.69, 9.17) is 14.2 Å². The maximum absolute atomic E-state index is 6.45. The van der Waals surface area contributed by atoms with Gasteiger partial charge in [0.2, 0.25) is 5.79 Å². The molecule has 158 valence electrons. The van der Waals surface area contributed by atoms with Crippen LogP contribution in [0.1, 0.15) is 11.1 Å². The number of benzene rings is 2. The second-order valence-corrected chi connectivity index (χ2v) is 7.80. The molecule has 0 spiro atoms. The van der Waals surface area contributed by atoms with Crippen LogP contribution in [0.4, 0.5) is 0 Å². The maximum Gasteiger partial charge on any atom is 0.214 e. The van der Waals surface area contributed by atoms with Crippen molar-refractivity contribution in [3.05, 3.63) is 103 Å². The zero-order valence-corrected chi connectivity index (χ0v) is 17.4. The summed E-state index contributed by atoms with van der Waals surface area (Å²) in [5.74, 6) is -0.0530. The van der Waals surface area contributed by atoms with Gasteiger partial charge in [-0.2, -0.15) is 0 Å². The summed E-state index contributed by atoms with van der Waals surface area (Å²) in [6.45, 7) is 3.48. The van der Waals surface area contributed by atoms with Crippen LogP contribution in [0.5, 0.6) is 5.75 Å². The molecular weight excluding hydrogens is 390 g/mol. The standard InChI is InChI=1S/C25H25N3O3/c1-20-4-6-21(7-5-20)25(18-27-15-12-26-19-27)30-17-24(31-25)16-29-23-10-8-22(9-11-23)28-13-2-3-14-28/h2-15,19,24H,16-18H2,1H3. The minimum absolute atomic E-state index is 0.172. The largest absolute Gasteiger partial charge is 0.491 e. The number of ether oxygens (including phenoxy) is 3. The molecule has 0 radical (unpaired) electrons. The van der Waals surface area contributed by atoms with Gasteiger partial charge in [0.15, 0.2) is 0 Å². The average Bonchev–Trinajstić information content (AvgIpc) is 3.57. The molecule has 4 aromatic rings. The SMILES string of the molecule is Cc1ccc(C2(Cn3ccnc3)OCC(COc3ccc(-n4cccc4)cc3)O2)cc1. The fraction of sp³-hybridized carbons (Fsp3) is 0.240. The van der Waals surface area contributed by atoms with E-state index in [1.165, 1.54) is 5.56 Å². The molecule has 6 heteroatoms. The molecule has 1 aliphatic rings. The van der Waals surface area contributed by atoms with Gasteiger partial charge in [0, 0.05) is 36.0 Å². The lowest BCUT2D eigenvalue weighted by Gasteiger charge is -2.29. The number of hydrogen-bond donors (Lipinski definition) is 0. The molecule has 2 unspecified atom stereocenters. The van der Waals surface area contributed by atoms with E-state index in [0.29, 0.717) is 19.8 Å². The molecule has 1 aliphatic heterocycles. The molecule has 1 fully saturated rings. The molecule has 2 aromatic heterocycles. The van der Waals surface area contributed by atoms with Gasteiger partial charge in [-0.25, -0.2) is 4.98 Å². The fourth-order valence-corrected chi connectivity index (χ4v) is 3.81. The molecule has 6 nitrogen and oxygen atoms in total. The number of hydrogen-bond acceptors (Lipinski definition) is 4. The van der Waals surface area contributed by atoms with Crippen molar-refractivity contribution in [2.45, 2.75) is 25.4 Å². The predicted octanol–water partition coefficient (Wildman–Crippen LogP) is 4.33. The van der Waals surface area contributed by atoms with E-state index in [0.717, 1.165) is 17.0 Å². The number of aryl methyl sites for hydroxylation is 1. The van der Waals surface area contributed by atoms with E-state index in [-0.39, 0.29) is 6.10 Å². The van der Waals surface area contributed by atoms with Crippen LogP contribution in [0.3, 0.4) is 0 Å². The van der Waals surface area contributed by atoms with Crippen molar-refractivity contribution >= 4 is 0 Å². The quantitative estimate of drug-likeness (QED) is 0.451. The first-order valence-corrected chi connectivity index (χ1v) is 10.4. The lowest BCUT2D eigenvalue weighted by atomic mass is 10.0. The number of rotatable bonds is 7. The molecule has 0 bridgehead atoms. The van der Waals surface area contributed by atoms with Crippen LogP contribution < -0.4 is 4.74 Å². The summed E-state index contributed by atoms with van der Waals surface area (Å²) in [5, 5.41) is 0. The highest BCUT2D eigenvalue weighted by Crippen LogP contribution is 2.36. The van der Waals surface area contributed by atoms with Crippen LogP contribution in [-0.2, 0) is 21.8 Å². The van der Waals surface area contributed by atoms with E-state index in [9.17, 15) is 0 Å². The van der Waals surface area contributed by atoms with Gasteiger partial charge in [0.25, 0.3) is 0 Å². The van der Waals surface area contributed by atoms with Gasteiger partial charge in [0.05, 0.1) is 19.5 Å². The van der Waals surface area contributed by atoms with Gasteiger partial charge in [-0.15, -0.1) is 0 Å². The van der Waals surface area contributed by atoms with Crippen LogP contribution in [0, 0.1) is 6.92 Å². The van der Waals surface area contributed by atoms with Crippen molar-refractivity contribution in [1.82, 2.24) is 14.1 Å². The molecule has 0 aliphatic carbocycles. The van der Waals surface area contributed by atoms with Crippen LogP contribution in [-0.4, -0.2) is 33.4 Å². The predicted molar refractivity (Wildman–Crippen MR) is 117 cm³/mol. The minimum Gasteiger partial charge on any atom is -0.491 e. The minimum atomic E-state index is -0.860. The smallest absolute Gasteiger partial charge is 0.214 e. The molecule has 0 amide bonds. The van der Waals surface area contributed by atoms with Crippen molar-refractivity contribution in [1.29, 1.82) is 0 Å². The molecular formula is C25H25N3O3. The second kappa shape index (κ2) is 8.41. The first kappa shape index (κ1) is 19.6. The first-order valence-electron chi connectivity index (χ1n) is 10.4. The van der Waals surface area contributed by atoms with Crippen LogP contribution >= 0.6 is 0 Å². The highest BCUT2D eigenvalue weighted by molar-refractivity contribution is 5.37. The van der Waals surface area contributed by atoms with Crippen molar-refractivity contribution in [3.8, 4) is 11.4 Å². The Labute approximate surface area is 181 Å². The zero-order chi connectivity index (χ0) is 21.1. The highest BCUT2D eigenvalue weighted by atomic mass is 16.8. The molecule has 2 atom stereocenters. The Bertz CT molecular complexity index is 1090. The third kappa shape index (κ3) is 4.26. The molecule has 3 heterocycles. The zero-order valence-electron chi connectivity index (χ0n) is 17.4.